The van der Waals surface area contributed by atoms with E-state index in [-0.39, 0.29) is 0 Å². The van der Waals surface area contributed by atoms with Gasteiger partial charge in [0.15, 0.2) is 0 Å². The van der Waals surface area contributed by atoms with E-state index in [1.165, 1.54) is 42.1 Å². The molecule has 0 amide bonds. The van der Waals surface area contributed by atoms with Gasteiger partial charge in [0, 0.05) is 23.2 Å². The predicted octanol–water partition coefficient (Wildman–Crippen LogP) is 3.85. The smallest absolute Gasteiger partial charge is 0.0757 e. The highest BCUT2D eigenvalue weighted by atomic mass is 79.9. The van der Waals surface area contributed by atoms with Gasteiger partial charge >= 0.3 is 0 Å². The van der Waals surface area contributed by atoms with E-state index in [2.05, 4.69) is 45.5 Å². The highest BCUT2D eigenvalue weighted by Gasteiger charge is 2.42. The van der Waals surface area contributed by atoms with E-state index in [4.69, 9.17) is 4.74 Å². The van der Waals surface area contributed by atoms with Crippen LogP contribution in [0.1, 0.15) is 43.6 Å². The van der Waals surface area contributed by atoms with Crippen molar-refractivity contribution in [2.45, 2.75) is 56.2 Å². The third-order valence-electron chi connectivity index (χ3n) is 5.13. The molecule has 2 unspecified atom stereocenters. The molecular formula is C17H22BrNO. The van der Waals surface area contributed by atoms with E-state index >= 15 is 0 Å². The fourth-order valence-corrected chi connectivity index (χ4v) is 4.19. The van der Waals surface area contributed by atoms with Crippen LogP contribution in [0.5, 0.6) is 0 Å². The van der Waals surface area contributed by atoms with Crippen LogP contribution in [0.4, 0.5) is 0 Å². The van der Waals surface area contributed by atoms with Crippen molar-refractivity contribution in [2.75, 3.05) is 6.61 Å². The molecule has 0 radical (unpaired) electrons. The molecule has 1 aromatic carbocycles. The summed E-state index contributed by atoms with van der Waals surface area (Å²) in [7, 11) is 0. The van der Waals surface area contributed by atoms with E-state index in [1.807, 2.05) is 0 Å². The third-order valence-corrected chi connectivity index (χ3v) is 5.62. The number of hydrogen-bond donors (Lipinski definition) is 1. The van der Waals surface area contributed by atoms with Gasteiger partial charge in [0.05, 0.1) is 6.10 Å². The lowest BCUT2D eigenvalue weighted by molar-refractivity contribution is 0.0749. The number of nitrogens with one attached hydrogen (secondary N) is 1. The number of benzene rings is 1. The third kappa shape index (κ3) is 2.68. The molecule has 1 heterocycles. The Morgan fingerprint density at radius 2 is 2.00 bits per heavy atom. The fourth-order valence-electron chi connectivity index (χ4n) is 3.77. The molecule has 4 rings (SSSR count). The summed E-state index contributed by atoms with van der Waals surface area (Å²) < 4.78 is 7.12. The first-order chi connectivity index (χ1) is 9.79. The van der Waals surface area contributed by atoms with E-state index < -0.39 is 0 Å². The van der Waals surface area contributed by atoms with E-state index in [1.54, 1.807) is 0 Å². The molecule has 3 heteroatoms. The molecule has 1 aromatic rings. The molecule has 108 valence electrons. The molecule has 2 saturated carbocycles. The second-order valence-electron chi connectivity index (χ2n) is 6.65. The van der Waals surface area contributed by atoms with Crippen LogP contribution in [0, 0.1) is 5.92 Å². The molecule has 3 fully saturated rings. The summed E-state index contributed by atoms with van der Waals surface area (Å²) in [6.07, 6.45) is 7.05. The summed E-state index contributed by atoms with van der Waals surface area (Å²) >= 11 is 3.57. The number of rotatable bonds is 4. The Morgan fingerprint density at radius 1 is 1.15 bits per heavy atom. The van der Waals surface area contributed by atoms with Crippen molar-refractivity contribution < 1.29 is 4.74 Å². The SMILES string of the molecule is Brc1cccc(C2CC(NC3CCOC3C3CC3)C2)c1. The van der Waals surface area contributed by atoms with Crippen molar-refractivity contribution in [3.05, 3.63) is 34.3 Å². The van der Waals surface area contributed by atoms with E-state index in [0.29, 0.717) is 18.2 Å². The van der Waals surface area contributed by atoms with Gasteiger partial charge in [-0.25, -0.2) is 0 Å². The summed E-state index contributed by atoms with van der Waals surface area (Å²) in [6.45, 7) is 0.959. The van der Waals surface area contributed by atoms with Crippen LogP contribution >= 0.6 is 15.9 Å². The molecule has 1 aliphatic heterocycles. The Morgan fingerprint density at radius 3 is 2.75 bits per heavy atom. The minimum atomic E-state index is 0.514. The number of halogens is 1. The topological polar surface area (TPSA) is 21.3 Å². The second-order valence-corrected chi connectivity index (χ2v) is 7.57. The Hall–Kier alpha value is -0.380. The van der Waals surface area contributed by atoms with Gasteiger partial charge in [-0.2, -0.15) is 0 Å². The Kier molecular flexibility index (Phi) is 3.61. The van der Waals surface area contributed by atoms with Crippen molar-refractivity contribution in [1.29, 1.82) is 0 Å². The first-order valence-electron chi connectivity index (χ1n) is 7.93. The lowest BCUT2D eigenvalue weighted by Crippen LogP contribution is -2.49. The van der Waals surface area contributed by atoms with Gasteiger partial charge in [0.1, 0.15) is 0 Å². The zero-order chi connectivity index (χ0) is 13.5. The molecule has 20 heavy (non-hydrogen) atoms. The Balaban J connectivity index is 1.30. The van der Waals surface area contributed by atoms with Crippen LogP contribution in [-0.4, -0.2) is 24.8 Å². The Bertz CT molecular complexity index is 482. The summed E-state index contributed by atoms with van der Waals surface area (Å²) in [5.74, 6) is 1.60. The van der Waals surface area contributed by atoms with Crippen LogP contribution in [0.3, 0.4) is 0 Å². The average Bonchev–Trinajstić information content (AvgIpc) is 3.13. The largest absolute Gasteiger partial charge is 0.376 e. The normalized spacial score (nSPS) is 36.9. The van der Waals surface area contributed by atoms with Crippen molar-refractivity contribution in [2.24, 2.45) is 5.92 Å². The summed E-state index contributed by atoms with van der Waals surface area (Å²) in [4.78, 5) is 0. The van der Waals surface area contributed by atoms with Gasteiger partial charge in [0.25, 0.3) is 0 Å². The second kappa shape index (κ2) is 5.43. The molecular weight excluding hydrogens is 314 g/mol. The van der Waals surface area contributed by atoms with Crippen LogP contribution in [0.15, 0.2) is 28.7 Å². The maximum atomic E-state index is 5.92. The van der Waals surface area contributed by atoms with Crippen molar-refractivity contribution in [3.63, 3.8) is 0 Å². The molecule has 2 nitrogen and oxygen atoms in total. The van der Waals surface area contributed by atoms with E-state index in [0.717, 1.165) is 18.4 Å². The molecule has 1 N–H and O–H groups in total. The maximum absolute atomic E-state index is 5.92. The zero-order valence-corrected chi connectivity index (χ0v) is 13.3. The maximum Gasteiger partial charge on any atom is 0.0757 e. The first kappa shape index (κ1) is 13.3. The minimum absolute atomic E-state index is 0.514. The van der Waals surface area contributed by atoms with Crippen molar-refractivity contribution in [3.8, 4) is 0 Å². The average molecular weight is 336 g/mol. The summed E-state index contributed by atoms with van der Waals surface area (Å²) in [6, 6.07) is 10.1. The molecule has 0 aromatic heterocycles. The van der Waals surface area contributed by atoms with Crippen LogP contribution in [-0.2, 0) is 4.74 Å². The molecule has 2 aliphatic carbocycles. The van der Waals surface area contributed by atoms with E-state index in [9.17, 15) is 0 Å². The first-order valence-corrected chi connectivity index (χ1v) is 8.72. The van der Waals surface area contributed by atoms with Crippen LogP contribution in [0.25, 0.3) is 0 Å². The molecule has 3 aliphatic rings. The molecule has 0 bridgehead atoms. The highest BCUT2D eigenvalue weighted by molar-refractivity contribution is 9.10. The van der Waals surface area contributed by atoms with Gasteiger partial charge < -0.3 is 10.1 Å². The summed E-state index contributed by atoms with van der Waals surface area (Å²) in [5.41, 5.74) is 1.49. The highest BCUT2D eigenvalue weighted by Crippen LogP contribution is 2.41. The lowest BCUT2D eigenvalue weighted by Gasteiger charge is -2.39. The molecule has 0 spiro atoms. The quantitative estimate of drug-likeness (QED) is 0.902. The minimum Gasteiger partial charge on any atom is -0.376 e. The van der Waals surface area contributed by atoms with Gasteiger partial charge in [0.2, 0.25) is 0 Å². The van der Waals surface area contributed by atoms with Crippen molar-refractivity contribution >= 4 is 15.9 Å². The van der Waals surface area contributed by atoms with Gasteiger partial charge in [-0.15, -0.1) is 0 Å². The number of ether oxygens (including phenoxy) is 1. The van der Waals surface area contributed by atoms with Crippen LogP contribution in [0.2, 0.25) is 0 Å². The molecule has 1 saturated heterocycles. The standard InChI is InChI=1S/C17H22BrNO/c18-14-3-1-2-12(8-14)13-9-15(10-13)19-16-6-7-20-17(16)11-4-5-11/h1-3,8,11,13,15-17,19H,4-7,9-10H2. The number of hydrogen-bond acceptors (Lipinski definition) is 2. The van der Waals surface area contributed by atoms with Gasteiger partial charge in [-0.3, -0.25) is 0 Å². The van der Waals surface area contributed by atoms with Crippen LogP contribution < -0.4 is 5.32 Å². The fraction of sp³-hybridized carbons (Fsp3) is 0.647. The van der Waals surface area contributed by atoms with Gasteiger partial charge in [-0.05, 0) is 61.6 Å². The summed E-state index contributed by atoms with van der Waals surface area (Å²) in [5, 5.41) is 3.86. The Labute approximate surface area is 129 Å². The lowest BCUT2D eigenvalue weighted by atomic mass is 9.75. The predicted molar refractivity (Wildman–Crippen MR) is 83.9 cm³/mol. The monoisotopic (exact) mass is 335 g/mol. The zero-order valence-electron chi connectivity index (χ0n) is 11.7. The van der Waals surface area contributed by atoms with Gasteiger partial charge in [-0.1, -0.05) is 28.1 Å². The molecule has 2 atom stereocenters. The van der Waals surface area contributed by atoms with Crippen molar-refractivity contribution in [1.82, 2.24) is 5.32 Å².